The second-order valence-corrected chi connectivity index (χ2v) is 4.17. The number of nitrogens with zero attached hydrogens (tertiary/aromatic N) is 1. The highest BCUT2D eigenvalue weighted by Gasteiger charge is 2.20. The molecule has 1 aromatic heterocycles. The molecule has 2 nitrogen and oxygen atoms in total. The number of aromatic nitrogens is 1. The maximum atomic E-state index is 13.7. The van der Waals surface area contributed by atoms with Crippen LogP contribution in [0.5, 0.6) is 0 Å². The molecule has 2 rings (SSSR count). The summed E-state index contributed by atoms with van der Waals surface area (Å²) in [5, 5.41) is 2.90. The van der Waals surface area contributed by atoms with Gasteiger partial charge in [-0.25, -0.2) is 13.2 Å². The van der Waals surface area contributed by atoms with E-state index in [-0.39, 0.29) is 5.56 Å². The monoisotopic (exact) mass is 266 g/mol. The van der Waals surface area contributed by atoms with Crippen LogP contribution in [0.3, 0.4) is 0 Å². The molecule has 1 heterocycles. The predicted octanol–water partition coefficient (Wildman–Crippen LogP) is 3.00. The molecule has 2 aromatic rings. The minimum atomic E-state index is -1.44. The Balaban J connectivity index is 2.30. The Morgan fingerprint density at radius 3 is 2.58 bits per heavy atom. The molecule has 0 amide bonds. The van der Waals surface area contributed by atoms with Gasteiger partial charge in [-0.2, -0.15) is 0 Å². The van der Waals surface area contributed by atoms with Gasteiger partial charge in [0, 0.05) is 24.0 Å². The Hall–Kier alpha value is -1.88. The summed E-state index contributed by atoms with van der Waals surface area (Å²) < 4.78 is 39.9. The number of hydrogen-bond acceptors (Lipinski definition) is 2. The van der Waals surface area contributed by atoms with E-state index in [0.29, 0.717) is 6.42 Å². The van der Waals surface area contributed by atoms with E-state index in [1.54, 1.807) is 25.5 Å². The Morgan fingerprint density at radius 2 is 1.95 bits per heavy atom. The van der Waals surface area contributed by atoms with Crippen LogP contribution in [0.15, 0.2) is 36.7 Å². The molecule has 100 valence electrons. The Bertz CT molecular complexity index is 558. The zero-order valence-corrected chi connectivity index (χ0v) is 10.3. The second kappa shape index (κ2) is 5.84. The van der Waals surface area contributed by atoms with Gasteiger partial charge in [0.05, 0.1) is 0 Å². The highest BCUT2D eigenvalue weighted by atomic mass is 19.2. The number of hydrogen-bond donors (Lipinski definition) is 1. The van der Waals surface area contributed by atoms with Crippen molar-refractivity contribution in [2.24, 2.45) is 0 Å². The van der Waals surface area contributed by atoms with Gasteiger partial charge in [-0.15, -0.1) is 0 Å². The van der Waals surface area contributed by atoms with Crippen molar-refractivity contribution in [1.29, 1.82) is 0 Å². The molecule has 0 fully saturated rings. The van der Waals surface area contributed by atoms with E-state index in [4.69, 9.17) is 0 Å². The SMILES string of the molecule is CNC(Cc1cccnc1)c1ccc(F)c(F)c1F. The summed E-state index contributed by atoms with van der Waals surface area (Å²) in [6.45, 7) is 0. The number of nitrogens with one attached hydrogen (secondary N) is 1. The van der Waals surface area contributed by atoms with E-state index in [0.717, 1.165) is 11.6 Å². The number of rotatable bonds is 4. The standard InChI is InChI=1S/C14H13F3N2/c1-18-12(7-9-3-2-6-19-8-9)10-4-5-11(15)14(17)13(10)16/h2-6,8,12,18H,7H2,1H3. The summed E-state index contributed by atoms with van der Waals surface area (Å²) >= 11 is 0. The lowest BCUT2D eigenvalue weighted by Crippen LogP contribution is -2.21. The van der Waals surface area contributed by atoms with Crippen molar-refractivity contribution in [3.05, 3.63) is 65.2 Å². The largest absolute Gasteiger partial charge is 0.313 e. The van der Waals surface area contributed by atoms with Crippen LogP contribution in [-0.4, -0.2) is 12.0 Å². The van der Waals surface area contributed by atoms with Gasteiger partial charge < -0.3 is 5.32 Å². The van der Waals surface area contributed by atoms with Crippen LogP contribution in [0.25, 0.3) is 0 Å². The molecular formula is C14H13F3N2. The summed E-state index contributed by atoms with van der Waals surface area (Å²) in [5.74, 6) is -3.77. The van der Waals surface area contributed by atoms with Crippen molar-refractivity contribution in [3.63, 3.8) is 0 Å². The molecule has 1 aromatic carbocycles. The van der Waals surface area contributed by atoms with E-state index in [2.05, 4.69) is 10.3 Å². The molecule has 0 radical (unpaired) electrons. The van der Waals surface area contributed by atoms with Crippen molar-refractivity contribution in [3.8, 4) is 0 Å². The fourth-order valence-electron chi connectivity index (χ4n) is 1.93. The first kappa shape index (κ1) is 13.5. The molecule has 0 spiro atoms. The average Bonchev–Trinajstić information content (AvgIpc) is 2.44. The maximum absolute atomic E-state index is 13.7. The molecular weight excluding hydrogens is 253 g/mol. The molecule has 1 N–H and O–H groups in total. The molecule has 19 heavy (non-hydrogen) atoms. The lowest BCUT2D eigenvalue weighted by atomic mass is 9.99. The van der Waals surface area contributed by atoms with E-state index in [9.17, 15) is 13.2 Å². The smallest absolute Gasteiger partial charge is 0.194 e. The van der Waals surface area contributed by atoms with Gasteiger partial charge in [-0.05, 0) is 31.2 Å². The lowest BCUT2D eigenvalue weighted by Gasteiger charge is -2.17. The van der Waals surface area contributed by atoms with Gasteiger partial charge in [0.2, 0.25) is 0 Å². The molecule has 0 saturated heterocycles. The summed E-state index contributed by atoms with van der Waals surface area (Å²) in [5.41, 5.74) is 0.983. The number of likely N-dealkylation sites (N-methyl/N-ethyl adjacent to an activating group) is 1. The van der Waals surface area contributed by atoms with Gasteiger partial charge in [-0.3, -0.25) is 4.98 Å². The van der Waals surface area contributed by atoms with Crippen LogP contribution in [-0.2, 0) is 6.42 Å². The quantitative estimate of drug-likeness (QED) is 0.860. The normalized spacial score (nSPS) is 12.4. The third kappa shape index (κ3) is 2.93. The van der Waals surface area contributed by atoms with Gasteiger partial charge in [0.1, 0.15) is 0 Å². The lowest BCUT2D eigenvalue weighted by molar-refractivity contribution is 0.428. The molecule has 0 aliphatic heterocycles. The van der Waals surface area contributed by atoms with Gasteiger partial charge in [0.25, 0.3) is 0 Å². The third-order valence-corrected chi connectivity index (χ3v) is 2.95. The summed E-state index contributed by atoms with van der Waals surface area (Å²) in [6, 6.07) is 5.35. The minimum Gasteiger partial charge on any atom is -0.313 e. The number of pyridine rings is 1. The number of halogens is 3. The molecule has 0 bridgehead atoms. The zero-order chi connectivity index (χ0) is 13.8. The van der Waals surface area contributed by atoms with Crippen LogP contribution < -0.4 is 5.32 Å². The first-order valence-electron chi connectivity index (χ1n) is 5.83. The van der Waals surface area contributed by atoms with E-state index >= 15 is 0 Å². The average molecular weight is 266 g/mol. The van der Waals surface area contributed by atoms with E-state index < -0.39 is 23.5 Å². The number of benzene rings is 1. The maximum Gasteiger partial charge on any atom is 0.194 e. The van der Waals surface area contributed by atoms with Crippen LogP contribution in [0.4, 0.5) is 13.2 Å². The van der Waals surface area contributed by atoms with E-state index in [1.165, 1.54) is 6.07 Å². The van der Waals surface area contributed by atoms with Crippen molar-refractivity contribution in [2.75, 3.05) is 7.05 Å². The third-order valence-electron chi connectivity index (χ3n) is 2.95. The van der Waals surface area contributed by atoms with Crippen molar-refractivity contribution in [2.45, 2.75) is 12.5 Å². The predicted molar refractivity (Wildman–Crippen MR) is 66.1 cm³/mol. The minimum absolute atomic E-state index is 0.102. The molecule has 5 heteroatoms. The second-order valence-electron chi connectivity index (χ2n) is 4.17. The molecule has 1 unspecified atom stereocenters. The Kier molecular flexibility index (Phi) is 4.16. The highest BCUT2D eigenvalue weighted by molar-refractivity contribution is 5.25. The summed E-state index contributed by atoms with van der Waals surface area (Å²) in [6.07, 6.45) is 3.73. The first-order valence-corrected chi connectivity index (χ1v) is 5.83. The summed E-state index contributed by atoms with van der Waals surface area (Å²) in [4.78, 5) is 3.96. The Labute approximate surface area is 109 Å². The van der Waals surface area contributed by atoms with Gasteiger partial charge in [0.15, 0.2) is 17.5 Å². The molecule has 0 saturated carbocycles. The van der Waals surface area contributed by atoms with Crippen LogP contribution in [0, 0.1) is 17.5 Å². The highest BCUT2D eigenvalue weighted by Crippen LogP contribution is 2.23. The van der Waals surface area contributed by atoms with Crippen LogP contribution in [0.1, 0.15) is 17.2 Å². The first-order chi connectivity index (χ1) is 9.13. The molecule has 1 atom stereocenters. The Morgan fingerprint density at radius 1 is 1.16 bits per heavy atom. The van der Waals surface area contributed by atoms with Gasteiger partial charge in [-0.1, -0.05) is 12.1 Å². The van der Waals surface area contributed by atoms with Crippen molar-refractivity contribution in [1.82, 2.24) is 10.3 Å². The van der Waals surface area contributed by atoms with Crippen LogP contribution >= 0.6 is 0 Å². The van der Waals surface area contributed by atoms with Crippen molar-refractivity contribution >= 4 is 0 Å². The summed E-state index contributed by atoms with van der Waals surface area (Å²) in [7, 11) is 1.64. The molecule has 0 aliphatic carbocycles. The fraction of sp³-hybridized carbons (Fsp3) is 0.214. The fourth-order valence-corrected chi connectivity index (χ4v) is 1.93. The van der Waals surface area contributed by atoms with Crippen molar-refractivity contribution < 1.29 is 13.2 Å². The zero-order valence-electron chi connectivity index (χ0n) is 10.3. The van der Waals surface area contributed by atoms with E-state index in [1.807, 2.05) is 6.07 Å². The molecule has 0 aliphatic rings. The van der Waals surface area contributed by atoms with Crippen LogP contribution in [0.2, 0.25) is 0 Å². The van der Waals surface area contributed by atoms with Gasteiger partial charge >= 0.3 is 0 Å². The topological polar surface area (TPSA) is 24.9 Å².